The molecular formula is C16H27N3O. The lowest BCUT2D eigenvalue weighted by molar-refractivity contribution is 0.213. The van der Waals surface area contributed by atoms with E-state index in [1.165, 1.54) is 5.56 Å². The summed E-state index contributed by atoms with van der Waals surface area (Å²) in [6.45, 7) is 7.79. The summed E-state index contributed by atoms with van der Waals surface area (Å²) >= 11 is 0. The standard InChI is InChI=1S/C16H27N3O/c1-5-7-11-19(6-2)16(20)18-15-10-8-9-14(12-15)13(3)17-4/h8-10,12-13,17H,5-7,11H2,1-4H3,(H,18,20). The number of nitrogens with zero attached hydrogens (tertiary/aromatic N) is 1. The second kappa shape index (κ2) is 8.59. The molecule has 0 fully saturated rings. The lowest BCUT2D eigenvalue weighted by atomic mass is 10.1. The molecule has 0 aliphatic rings. The summed E-state index contributed by atoms with van der Waals surface area (Å²) in [5, 5.41) is 6.18. The van der Waals surface area contributed by atoms with E-state index in [-0.39, 0.29) is 12.1 Å². The third-order valence-electron chi connectivity index (χ3n) is 3.52. The lowest BCUT2D eigenvalue weighted by Gasteiger charge is -2.21. The van der Waals surface area contributed by atoms with Crippen LogP contribution in [0.25, 0.3) is 0 Å². The minimum absolute atomic E-state index is 0.0183. The van der Waals surface area contributed by atoms with E-state index < -0.39 is 0 Å². The molecule has 0 heterocycles. The summed E-state index contributed by atoms with van der Waals surface area (Å²) in [7, 11) is 1.93. The van der Waals surface area contributed by atoms with Crippen molar-refractivity contribution in [2.24, 2.45) is 0 Å². The van der Waals surface area contributed by atoms with E-state index in [2.05, 4.69) is 30.5 Å². The van der Waals surface area contributed by atoms with Gasteiger partial charge >= 0.3 is 6.03 Å². The Labute approximate surface area is 122 Å². The second-order valence-corrected chi connectivity index (χ2v) is 5.00. The molecule has 0 saturated heterocycles. The average molecular weight is 277 g/mol. The molecule has 112 valence electrons. The molecule has 1 unspecified atom stereocenters. The van der Waals surface area contributed by atoms with Crippen LogP contribution in [-0.4, -0.2) is 31.1 Å². The fraction of sp³-hybridized carbons (Fsp3) is 0.562. The quantitative estimate of drug-likeness (QED) is 0.799. The molecule has 1 aromatic rings. The van der Waals surface area contributed by atoms with Gasteiger partial charge in [-0.05, 0) is 45.0 Å². The number of anilines is 1. The molecule has 0 saturated carbocycles. The Morgan fingerprint density at radius 2 is 2.10 bits per heavy atom. The van der Waals surface area contributed by atoms with E-state index in [1.807, 2.05) is 37.1 Å². The first-order chi connectivity index (χ1) is 9.62. The Morgan fingerprint density at radius 3 is 2.70 bits per heavy atom. The molecule has 0 aliphatic carbocycles. The Balaban J connectivity index is 2.69. The van der Waals surface area contributed by atoms with E-state index in [4.69, 9.17) is 0 Å². The van der Waals surface area contributed by atoms with Gasteiger partial charge < -0.3 is 15.5 Å². The number of hydrogen-bond acceptors (Lipinski definition) is 2. The van der Waals surface area contributed by atoms with Crippen molar-refractivity contribution in [3.05, 3.63) is 29.8 Å². The summed E-state index contributed by atoms with van der Waals surface area (Å²) in [6.07, 6.45) is 2.14. The van der Waals surface area contributed by atoms with Gasteiger partial charge in [0, 0.05) is 24.8 Å². The molecular weight excluding hydrogens is 250 g/mol. The molecule has 0 spiro atoms. The maximum absolute atomic E-state index is 12.2. The topological polar surface area (TPSA) is 44.4 Å². The van der Waals surface area contributed by atoms with Crippen molar-refractivity contribution in [2.75, 3.05) is 25.5 Å². The number of unbranched alkanes of at least 4 members (excludes halogenated alkanes) is 1. The van der Waals surface area contributed by atoms with Gasteiger partial charge in [0.25, 0.3) is 0 Å². The summed E-state index contributed by atoms with van der Waals surface area (Å²) in [5.74, 6) is 0. The molecule has 2 N–H and O–H groups in total. The van der Waals surface area contributed by atoms with Gasteiger partial charge in [-0.2, -0.15) is 0 Å². The van der Waals surface area contributed by atoms with Crippen molar-refractivity contribution in [3.63, 3.8) is 0 Å². The van der Waals surface area contributed by atoms with Crippen molar-refractivity contribution >= 4 is 11.7 Å². The Morgan fingerprint density at radius 1 is 1.35 bits per heavy atom. The summed E-state index contributed by atoms with van der Waals surface area (Å²) in [6, 6.07) is 8.24. The third-order valence-corrected chi connectivity index (χ3v) is 3.52. The van der Waals surface area contributed by atoms with E-state index in [9.17, 15) is 4.79 Å². The van der Waals surface area contributed by atoms with Crippen LogP contribution < -0.4 is 10.6 Å². The number of benzene rings is 1. The van der Waals surface area contributed by atoms with Crippen LogP contribution in [0.15, 0.2) is 24.3 Å². The number of rotatable bonds is 7. The predicted octanol–water partition coefficient (Wildman–Crippen LogP) is 3.62. The minimum atomic E-state index is -0.0183. The van der Waals surface area contributed by atoms with Crippen LogP contribution >= 0.6 is 0 Å². The first kappa shape index (κ1) is 16.5. The highest BCUT2D eigenvalue weighted by atomic mass is 16.2. The van der Waals surface area contributed by atoms with Gasteiger partial charge in [0.2, 0.25) is 0 Å². The van der Waals surface area contributed by atoms with Crippen LogP contribution in [0, 0.1) is 0 Å². The van der Waals surface area contributed by atoms with Crippen LogP contribution in [-0.2, 0) is 0 Å². The second-order valence-electron chi connectivity index (χ2n) is 5.00. The molecule has 0 aromatic heterocycles. The Kier molecular flexibility index (Phi) is 7.09. The zero-order chi connectivity index (χ0) is 15.0. The Hall–Kier alpha value is -1.55. The zero-order valence-electron chi connectivity index (χ0n) is 13.1. The van der Waals surface area contributed by atoms with Gasteiger partial charge in [0.1, 0.15) is 0 Å². The van der Waals surface area contributed by atoms with Crippen molar-refractivity contribution in [1.29, 1.82) is 0 Å². The normalized spacial score (nSPS) is 12.0. The number of carbonyl (C=O) groups excluding carboxylic acids is 1. The number of amides is 2. The fourth-order valence-corrected chi connectivity index (χ4v) is 2.01. The zero-order valence-corrected chi connectivity index (χ0v) is 13.1. The van der Waals surface area contributed by atoms with Crippen LogP contribution in [0.4, 0.5) is 10.5 Å². The van der Waals surface area contributed by atoms with Gasteiger partial charge in [-0.25, -0.2) is 4.79 Å². The molecule has 4 heteroatoms. The molecule has 0 bridgehead atoms. The lowest BCUT2D eigenvalue weighted by Crippen LogP contribution is -2.35. The third kappa shape index (κ3) is 4.85. The van der Waals surface area contributed by atoms with Gasteiger partial charge in [0.05, 0.1) is 0 Å². The van der Waals surface area contributed by atoms with E-state index in [0.717, 1.165) is 31.6 Å². The summed E-state index contributed by atoms with van der Waals surface area (Å²) in [4.78, 5) is 14.0. The summed E-state index contributed by atoms with van der Waals surface area (Å²) in [5.41, 5.74) is 2.02. The van der Waals surface area contributed by atoms with E-state index >= 15 is 0 Å². The Bertz CT molecular complexity index is 420. The van der Waals surface area contributed by atoms with E-state index in [0.29, 0.717) is 0 Å². The van der Waals surface area contributed by atoms with Crippen molar-refractivity contribution in [2.45, 2.75) is 39.7 Å². The highest BCUT2D eigenvalue weighted by Gasteiger charge is 2.11. The molecule has 4 nitrogen and oxygen atoms in total. The smallest absolute Gasteiger partial charge is 0.321 e. The first-order valence-electron chi connectivity index (χ1n) is 7.45. The minimum Gasteiger partial charge on any atom is -0.325 e. The molecule has 1 aromatic carbocycles. The number of nitrogens with one attached hydrogen (secondary N) is 2. The van der Waals surface area contributed by atoms with Crippen LogP contribution in [0.3, 0.4) is 0 Å². The number of hydrogen-bond donors (Lipinski definition) is 2. The number of urea groups is 1. The molecule has 1 atom stereocenters. The van der Waals surface area contributed by atoms with Gasteiger partial charge in [0.15, 0.2) is 0 Å². The molecule has 0 aliphatic heterocycles. The average Bonchev–Trinajstić information content (AvgIpc) is 2.47. The molecule has 0 radical (unpaired) electrons. The van der Waals surface area contributed by atoms with Crippen LogP contribution in [0.2, 0.25) is 0 Å². The van der Waals surface area contributed by atoms with Crippen LogP contribution in [0.5, 0.6) is 0 Å². The SMILES string of the molecule is CCCCN(CC)C(=O)Nc1cccc(C(C)NC)c1. The van der Waals surface area contributed by atoms with Crippen molar-refractivity contribution in [3.8, 4) is 0 Å². The van der Waals surface area contributed by atoms with Gasteiger partial charge in [-0.3, -0.25) is 0 Å². The monoisotopic (exact) mass is 277 g/mol. The molecule has 20 heavy (non-hydrogen) atoms. The van der Waals surface area contributed by atoms with Crippen molar-refractivity contribution in [1.82, 2.24) is 10.2 Å². The first-order valence-corrected chi connectivity index (χ1v) is 7.45. The highest BCUT2D eigenvalue weighted by Crippen LogP contribution is 2.17. The molecule has 1 rings (SSSR count). The number of carbonyl (C=O) groups is 1. The van der Waals surface area contributed by atoms with E-state index in [1.54, 1.807) is 0 Å². The maximum Gasteiger partial charge on any atom is 0.321 e. The van der Waals surface area contributed by atoms with Crippen LogP contribution in [0.1, 0.15) is 45.2 Å². The van der Waals surface area contributed by atoms with Gasteiger partial charge in [-0.1, -0.05) is 25.5 Å². The maximum atomic E-state index is 12.2. The predicted molar refractivity (Wildman–Crippen MR) is 85.1 cm³/mol. The molecule has 2 amide bonds. The van der Waals surface area contributed by atoms with Crippen molar-refractivity contribution < 1.29 is 4.79 Å². The fourth-order valence-electron chi connectivity index (χ4n) is 2.01. The largest absolute Gasteiger partial charge is 0.325 e. The highest BCUT2D eigenvalue weighted by molar-refractivity contribution is 5.89. The van der Waals surface area contributed by atoms with Gasteiger partial charge in [-0.15, -0.1) is 0 Å². The summed E-state index contributed by atoms with van der Waals surface area (Å²) < 4.78 is 0.